The van der Waals surface area contributed by atoms with Crippen molar-refractivity contribution in [3.8, 4) is 0 Å². The van der Waals surface area contributed by atoms with Gasteiger partial charge in [0.2, 0.25) is 10.0 Å². The number of halogens is 3. The van der Waals surface area contributed by atoms with Crippen molar-refractivity contribution in [2.45, 2.75) is 16.3 Å². The van der Waals surface area contributed by atoms with Crippen LogP contribution in [0.3, 0.4) is 0 Å². The minimum Gasteiger partial charge on any atom is -0.229 e. The monoisotopic (exact) mass is 377 g/mol. The van der Waals surface area contributed by atoms with Gasteiger partial charge in [0.05, 0.1) is 27.9 Å². The molecule has 2 rings (SSSR count). The number of rotatable bonds is 3. The third-order valence-corrected chi connectivity index (χ3v) is 7.35. The van der Waals surface area contributed by atoms with Crippen LogP contribution in [0, 0.1) is 0 Å². The zero-order valence-corrected chi connectivity index (χ0v) is 13.8. The number of nitrogens with one attached hydrogen (secondary N) is 1. The van der Waals surface area contributed by atoms with Crippen LogP contribution < -0.4 is 4.72 Å². The third-order valence-electron chi connectivity index (χ3n) is 2.77. The summed E-state index contributed by atoms with van der Waals surface area (Å²) in [6, 6.07) is 3.11. The van der Waals surface area contributed by atoms with Crippen LogP contribution in [-0.2, 0) is 19.9 Å². The van der Waals surface area contributed by atoms with Gasteiger partial charge in [-0.15, -0.1) is 11.6 Å². The van der Waals surface area contributed by atoms with Gasteiger partial charge in [0.25, 0.3) is 0 Å². The fraction of sp³-hybridized carbons (Fsp3) is 0.400. The Balaban J connectivity index is 2.31. The fourth-order valence-electron chi connectivity index (χ4n) is 1.86. The fourth-order valence-corrected chi connectivity index (χ4v) is 6.63. The van der Waals surface area contributed by atoms with Crippen LogP contribution in [-0.4, -0.2) is 39.8 Å². The normalized spacial score (nSPS) is 25.8. The lowest BCUT2D eigenvalue weighted by atomic mass is 10.3. The van der Waals surface area contributed by atoms with Crippen molar-refractivity contribution in [3.05, 3.63) is 28.2 Å². The van der Waals surface area contributed by atoms with Crippen molar-refractivity contribution in [1.82, 2.24) is 4.72 Å². The summed E-state index contributed by atoms with van der Waals surface area (Å²) in [6.07, 6.45) is 0. The van der Waals surface area contributed by atoms with E-state index in [1.807, 2.05) is 0 Å². The van der Waals surface area contributed by atoms with Crippen molar-refractivity contribution in [3.63, 3.8) is 0 Å². The molecule has 1 heterocycles. The van der Waals surface area contributed by atoms with E-state index in [1.165, 1.54) is 18.2 Å². The minimum atomic E-state index is -4.00. The lowest BCUT2D eigenvalue weighted by Gasteiger charge is -2.15. The lowest BCUT2D eigenvalue weighted by molar-refractivity contribution is 0.563. The molecule has 1 saturated heterocycles. The van der Waals surface area contributed by atoms with E-state index in [4.69, 9.17) is 34.8 Å². The molecule has 0 radical (unpaired) electrons. The van der Waals surface area contributed by atoms with Gasteiger partial charge in [-0.3, -0.25) is 0 Å². The highest BCUT2D eigenvalue weighted by Crippen LogP contribution is 2.26. The summed E-state index contributed by atoms with van der Waals surface area (Å²) in [4.78, 5) is -0.208. The van der Waals surface area contributed by atoms with E-state index >= 15 is 0 Å². The molecule has 20 heavy (non-hydrogen) atoms. The van der Waals surface area contributed by atoms with Crippen LogP contribution in [0.15, 0.2) is 23.1 Å². The van der Waals surface area contributed by atoms with Gasteiger partial charge in [0.15, 0.2) is 9.84 Å². The predicted octanol–water partition coefficient (Wildman–Crippen LogP) is 1.68. The molecule has 1 fully saturated rings. The van der Waals surface area contributed by atoms with Crippen LogP contribution in [0.25, 0.3) is 0 Å². The van der Waals surface area contributed by atoms with Crippen molar-refractivity contribution in [2.75, 3.05) is 11.5 Å². The van der Waals surface area contributed by atoms with Crippen molar-refractivity contribution in [1.29, 1.82) is 0 Å². The summed E-state index contributed by atoms with van der Waals surface area (Å²) in [6.45, 7) is 0. The van der Waals surface area contributed by atoms with Gasteiger partial charge in [-0.2, -0.15) is 0 Å². The van der Waals surface area contributed by atoms with E-state index in [2.05, 4.69) is 4.72 Å². The van der Waals surface area contributed by atoms with Gasteiger partial charge in [-0.05, 0) is 18.2 Å². The van der Waals surface area contributed by atoms with E-state index in [1.54, 1.807) is 0 Å². The average Bonchev–Trinajstić information content (AvgIpc) is 2.54. The summed E-state index contributed by atoms with van der Waals surface area (Å²) < 4.78 is 49.5. The van der Waals surface area contributed by atoms with Crippen LogP contribution >= 0.6 is 34.8 Å². The standard InChI is InChI=1S/C10H10Cl3NO4S2/c11-6-1-2-7(12)10(3-6)20(17,18)14-9-5-19(15,16)4-8(9)13/h1-3,8-9,14H,4-5H2. The number of sulfone groups is 1. The molecule has 1 aliphatic heterocycles. The Morgan fingerprint density at radius 3 is 2.40 bits per heavy atom. The largest absolute Gasteiger partial charge is 0.242 e. The number of benzene rings is 1. The summed E-state index contributed by atoms with van der Waals surface area (Å²) in [5.74, 6) is -0.594. The second-order valence-electron chi connectivity index (χ2n) is 4.40. The van der Waals surface area contributed by atoms with Crippen molar-refractivity contribution < 1.29 is 16.8 Å². The Bertz CT molecular complexity index is 733. The quantitative estimate of drug-likeness (QED) is 0.811. The number of sulfonamides is 1. The van der Waals surface area contributed by atoms with Crippen LogP contribution in [0.1, 0.15) is 0 Å². The SMILES string of the molecule is O=S1(=O)CC(Cl)C(NS(=O)(=O)c2cc(Cl)ccc2Cl)C1. The van der Waals surface area contributed by atoms with Gasteiger partial charge in [-0.25, -0.2) is 21.6 Å². The van der Waals surface area contributed by atoms with Crippen molar-refractivity contribution >= 4 is 54.7 Å². The second kappa shape index (κ2) is 5.62. The predicted molar refractivity (Wildman–Crippen MR) is 78.9 cm³/mol. The molecule has 1 aromatic carbocycles. The van der Waals surface area contributed by atoms with Crippen LogP contribution in [0.2, 0.25) is 10.0 Å². The van der Waals surface area contributed by atoms with Crippen LogP contribution in [0.4, 0.5) is 0 Å². The molecule has 2 atom stereocenters. The topological polar surface area (TPSA) is 80.3 Å². The third kappa shape index (κ3) is 3.58. The molecule has 112 valence electrons. The Labute approximate surface area is 132 Å². The summed E-state index contributed by atoms with van der Waals surface area (Å²) in [5, 5.41) is -0.613. The molecule has 0 aliphatic carbocycles. The number of hydrogen-bond donors (Lipinski definition) is 1. The highest BCUT2D eigenvalue weighted by atomic mass is 35.5. The molecule has 1 N–H and O–H groups in total. The summed E-state index contributed by atoms with van der Waals surface area (Å²) in [5.41, 5.74) is 0. The molecule has 0 amide bonds. The molecule has 2 unspecified atom stereocenters. The molecular weight excluding hydrogens is 369 g/mol. The maximum Gasteiger partial charge on any atom is 0.242 e. The Morgan fingerprint density at radius 2 is 1.85 bits per heavy atom. The molecule has 0 bridgehead atoms. The van der Waals surface area contributed by atoms with Gasteiger partial charge >= 0.3 is 0 Å². The zero-order valence-electron chi connectivity index (χ0n) is 9.88. The van der Waals surface area contributed by atoms with Crippen molar-refractivity contribution in [2.24, 2.45) is 0 Å². The van der Waals surface area contributed by atoms with Gasteiger partial charge in [0.1, 0.15) is 4.90 Å². The first-order valence-electron chi connectivity index (χ1n) is 5.42. The first-order valence-corrected chi connectivity index (χ1v) is 9.92. The van der Waals surface area contributed by atoms with Gasteiger partial charge in [-0.1, -0.05) is 23.2 Å². The van der Waals surface area contributed by atoms with E-state index in [9.17, 15) is 16.8 Å². The molecule has 10 heteroatoms. The highest BCUT2D eigenvalue weighted by molar-refractivity contribution is 7.92. The first kappa shape index (κ1) is 16.3. The molecular formula is C10H10Cl3NO4S2. The van der Waals surface area contributed by atoms with E-state index in [0.29, 0.717) is 0 Å². The summed E-state index contributed by atoms with van der Waals surface area (Å²) >= 11 is 17.4. The number of alkyl halides is 1. The molecule has 1 aliphatic rings. The van der Waals surface area contributed by atoms with Gasteiger partial charge in [0, 0.05) is 5.02 Å². The molecule has 5 nitrogen and oxygen atoms in total. The Morgan fingerprint density at radius 1 is 1.20 bits per heavy atom. The minimum absolute atomic E-state index is 0.00567. The average molecular weight is 379 g/mol. The first-order chi connectivity index (χ1) is 9.11. The smallest absolute Gasteiger partial charge is 0.229 e. The zero-order chi connectivity index (χ0) is 15.1. The molecule has 1 aromatic rings. The maximum atomic E-state index is 12.2. The molecule has 0 saturated carbocycles. The number of hydrogen-bond acceptors (Lipinski definition) is 4. The highest BCUT2D eigenvalue weighted by Gasteiger charge is 2.39. The van der Waals surface area contributed by atoms with E-state index < -0.39 is 31.3 Å². The Kier molecular flexibility index (Phi) is 4.59. The Hall–Kier alpha value is -0.0500. The van der Waals surface area contributed by atoms with Gasteiger partial charge < -0.3 is 0 Å². The van der Waals surface area contributed by atoms with Crippen LogP contribution in [0.5, 0.6) is 0 Å². The second-order valence-corrected chi connectivity index (χ2v) is 9.64. The molecule has 0 spiro atoms. The van der Waals surface area contributed by atoms with E-state index in [-0.39, 0.29) is 26.4 Å². The summed E-state index contributed by atoms with van der Waals surface area (Å²) in [7, 11) is -7.33. The molecule has 0 aromatic heterocycles. The van der Waals surface area contributed by atoms with E-state index in [0.717, 1.165) is 0 Å². The lowest BCUT2D eigenvalue weighted by Crippen LogP contribution is -2.40. The maximum absolute atomic E-state index is 12.2.